The summed E-state index contributed by atoms with van der Waals surface area (Å²) in [6, 6.07) is 8.80. The van der Waals surface area contributed by atoms with Gasteiger partial charge in [0.15, 0.2) is 0 Å². The molecule has 0 spiro atoms. The number of carboxylic acids is 2. The van der Waals surface area contributed by atoms with Gasteiger partial charge in [0.05, 0.1) is 0 Å². The molecule has 4 N–H and O–H groups in total. The molecular weight excluding hydrogens is 356 g/mol. The molecule has 6 heteroatoms. The van der Waals surface area contributed by atoms with Gasteiger partial charge in [0.1, 0.15) is 11.6 Å². The zero-order valence-electron chi connectivity index (χ0n) is 17.2. The van der Waals surface area contributed by atoms with E-state index in [2.05, 4.69) is 10.6 Å². The molecule has 0 bridgehead atoms. The molecule has 1 aromatic rings. The molecule has 6 nitrogen and oxygen atoms in total. The van der Waals surface area contributed by atoms with Gasteiger partial charge in [-0.3, -0.25) is 14.9 Å². The summed E-state index contributed by atoms with van der Waals surface area (Å²) >= 11 is 0. The molecule has 28 heavy (non-hydrogen) atoms. The lowest BCUT2D eigenvalue weighted by Gasteiger charge is -2.42. The minimum atomic E-state index is -0.879. The Hall–Kier alpha value is -1.92. The second-order valence-corrected chi connectivity index (χ2v) is 8.81. The quantitative estimate of drug-likeness (QED) is 0.490. The van der Waals surface area contributed by atoms with E-state index < -0.39 is 29.1 Å². The Kier molecular flexibility index (Phi) is 7.61. The van der Waals surface area contributed by atoms with Crippen molar-refractivity contribution in [3.8, 4) is 0 Å². The van der Waals surface area contributed by atoms with Crippen molar-refractivity contribution in [1.82, 2.24) is 10.6 Å². The molecule has 0 amide bonds. The highest BCUT2D eigenvalue weighted by atomic mass is 16.4. The fraction of sp³-hybridized carbons (Fsp3) is 0.636. The van der Waals surface area contributed by atoms with Gasteiger partial charge < -0.3 is 15.5 Å². The molecule has 1 aromatic carbocycles. The van der Waals surface area contributed by atoms with Gasteiger partial charge in [0, 0.05) is 11.6 Å². The Labute approximate surface area is 167 Å². The van der Waals surface area contributed by atoms with E-state index in [-0.39, 0.29) is 6.04 Å². The first-order valence-electron chi connectivity index (χ1n) is 10.2. The van der Waals surface area contributed by atoms with E-state index in [1.165, 1.54) is 0 Å². The third-order valence-corrected chi connectivity index (χ3v) is 5.58. The van der Waals surface area contributed by atoms with Crippen LogP contribution in [0.5, 0.6) is 0 Å². The highest BCUT2D eigenvalue weighted by Gasteiger charge is 2.43. The fourth-order valence-corrected chi connectivity index (χ4v) is 4.48. The molecular formula is C22H34N2O4. The van der Waals surface area contributed by atoms with E-state index in [0.717, 1.165) is 24.8 Å². The third-order valence-electron chi connectivity index (χ3n) is 5.58. The Morgan fingerprint density at radius 1 is 1.11 bits per heavy atom. The lowest BCUT2D eigenvalue weighted by atomic mass is 9.79. The minimum absolute atomic E-state index is 0.0817. The van der Waals surface area contributed by atoms with Gasteiger partial charge in [-0.15, -0.1) is 0 Å². The van der Waals surface area contributed by atoms with Crippen molar-refractivity contribution in [2.45, 2.75) is 88.9 Å². The predicted octanol–water partition coefficient (Wildman–Crippen LogP) is 3.21. The van der Waals surface area contributed by atoms with E-state index in [1.807, 2.05) is 51.1 Å². The van der Waals surface area contributed by atoms with Crippen LogP contribution in [0.4, 0.5) is 0 Å². The van der Waals surface area contributed by atoms with Crippen LogP contribution in [-0.2, 0) is 16.0 Å². The molecule has 0 aliphatic heterocycles. The molecule has 0 aromatic heterocycles. The Morgan fingerprint density at radius 2 is 1.71 bits per heavy atom. The van der Waals surface area contributed by atoms with Crippen LogP contribution in [0.2, 0.25) is 0 Å². The topological polar surface area (TPSA) is 98.7 Å². The Morgan fingerprint density at radius 3 is 2.25 bits per heavy atom. The van der Waals surface area contributed by atoms with Crippen molar-refractivity contribution in [3.05, 3.63) is 35.9 Å². The van der Waals surface area contributed by atoms with Crippen LogP contribution in [0.3, 0.4) is 0 Å². The lowest BCUT2D eigenvalue weighted by molar-refractivity contribution is -0.147. The van der Waals surface area contributed by atoms with Crippen LogP contribution in [-0.4, -0.2) is 45.3 Å². The second-order valence-electron chi connectivity index (χ2n) is 8.81. The normalized spacial score (nSPS) is 19.0. The van der Waals surface area contributed by atoms with E-state index in [9.17, 15) is 19.8 Å². The first-order valence-corrected chi connectivity index (χ1v) is 10.2. The molecule has 0 radical (unpaired) electrons. The molecule has 1 aliphatic rings. The molecule has 1 saturated carbocycles. The highest BCUT2D eigenvalue weighted by Crippen LogP contribution is 2.31. The van der Waals surface area contributed by atoms with Crippen molar-refractivity contribution >= 4 is 11.9 Å². The van der Waals surface area contributed by atoms with Crippen molar-refractivity contribution in [1.29, 1.82) is 0 Å². The van der Waals surface area contributed by atoms with Gasteiger partial charge in [-0.25, -0.2) is 0 Å². The summed E-state index contributed by atoms with van der Waals surface area (Å²) in [5, 5.41) is 26.0. The van der Waals surface area contributed by atoms with E-state index >= 15 is 0 Å². The van der Waals surface area contributed by atoms with Gasteiger partial charge in [0.2, 0.25) is 0 Å². The van der Waals surface area contributed by atoms with E-state index in [0.29, 0.717) is 25.7 Å². The Balaban J connectivity index is 1.99. The summed E-state index contributed by atoms with van der Waals surface area (Å²) in [6.45, 7) is 5.95. The van der Waals surface area contributed by atoms with Crippen LogP contribution in [0.1, 0.15) is 64.9 Å². The van der Waals surface area contributed by atoms with E-state index in [4.69, 9.17) is 0 Å². The molecule has 2 atom stereocenters. The maximum Gasteiger partial charge on any atom is 0.323 e. The van der Waals surface area contributed by atoms with Crippen molar-refractivity contribution in [2.24, 2.45) is 0 Å². The molecule has 0 heterocycles. The monoisotopic (exact) mass is 390 g/mol. The van der Waals surface area contributed by atoms with Gasteiger partial charge in [-0.05, 0) is 52.0 Å². The SMILES string of the molecule is CC(CC(C)(C)NC1(C(=O)O)CCCCC1)NC(Cc1ccccc1)C(=O)O. The minimum Gasteiger partial charge on any atom is -0.480 e. The summed E-state index contributed by atoms with van der Waals surface area (Å²) in [5.41, 5.74) is -0.339. The fourth-order valence-electron chi connectivity index (χ4n) is 4.48. The lowest BCUT2D eigenvalue weighted by Crippen LogP contribution is -2.62. The van der Waals surface area contributed by atoms with Crippen LogP contribution in [0.15, 0.2) is 30.3 Å². The largest absolute Gasteiger partial charge is 0.480 e. The summed E-state index contributed by atoms with van der Waals surface area (Å²) in [4.78, 5) is 23.7. The number of benzene rings is 1. The predicted molar refractivity (Wildman–Crippen MR) is 109 cm³/mol. The number of carboxylic acid groups (broad SMARTS) is 2. The van der Waals surface area contributed by atoms with Gasteiger partial charge in [0.25, 0.3) is 0 Å². The zero-order valence-corrected chi connectivity index (χ0v) is 17.2. The first-order chi connectivity index (χ1) is 13.1. The molecule has 1 fully saturated rings. The van der Waals surface area contributed by atoms with Crippen LogP contribution < -0.4 is 10.6 Å². The Bertz CT molecular complexity index is 654. The molecule has 2 unspecified atom stereocenters. The van der Waals surface area contributed by atoms with Crippen LogP contribution >= 0.6 is 0 Å². The second kappa shape index (κ2) is 9.52. The summed E-state index contributed by atoms with van der Waals surface area (Å²) < 4.78 is 0. The van der Waals surface area contributed by atoms with Gasteiger partial charge in [-0.1, -0.05) is 49.6 Å². The number of aliphatic carboxylic acids is 2. The maximum absolute atomic E-state index is 12.0. The smallest absolute Gasteiger partial charge is 0.323 e. The highest BCUT2D eigenvalue weighted by molar-refractivity contribution is 5.79. The molecule has 1 aliphatic carbocycles. The molecule has 0 saturated heterocycles. The first kappa shape index (κ1) is 22.4. The van der Waals surface area contributed by atoms with Gasteiger partial charge in [-0.2, -0.15) is 0 Å². The number of rotatable bonds is 10. The van der Waals surface area contributed by atoms with Crippen molar-refractivity contribution in [2.75, 3.05) is 0 Å². The third kappa shape index (κ3) is 6.31. The number of carbonyl (C=O) groups is 2. The van der Waals surface area contributed by atoms with Crippen LogP contribution in [0, 0.1) is 0 Å². The molecule has 2 rings (SSSR count). The number of nitrogens with one attached hydrogen (secondary N) is 2. The summed E-state index contributed by atoms with van der Waals surface area (Å²) in [7, 11) is 0. The standard InChI is InChI=1S/C22H34N2O4/c1-16(23-18(19(25)26)14-17-10-6-4-7-11-17)15-21(2,3)24-22(20(27)28)12-8-5-9-13-22/h4,6-7,10-11,16,18,23-24H,5,8-9,12-15H2,1-3H3,(H,25,26)(H,27,28). The van der Waals surface area contributed by atoms with Crippen molar-refractivity contribution < 1.29 is 19.8 Å². The van der Waals surface area contributed by atoms with Crippen LogP contribution in [0.25, 0.3) is 0 Å². The summed E-state index contributed by atoms with van der Waals surface area (Å²) in [6.07, 6.45) is 5.23. The number of hydrogen-bond acceptors (Lipinski definition) is 4. The van der Waals surface area contributed by atoms with Crippen molar-refractivity contribution in [3.63, 3.8) is 0 Å². The maximum atomic E-state index is 12.0. The molecule has 156 valence electrons. The summed E-state index contributed by atoms with van der Waals surface area (Å²) in [5.74, 6) is -1.66. The van der Waals surface area contributed by atoms with Gasteiger partial charge >= 0.3 is 11.9 Å². The average Bonchev–Trinajstić information content (AvgIpc) is 2.61. The number of hydrogen-bond donors (Lipinski definition) is 4. The average molecular weight is 391 g/mol. The zero-order chi connectivity index (χ0) is 20.8. The van der Waals surface area contributed by atoms with E-state index in [1.54, 1.807) is 0 Å².